The molecular formula is C13H13BrN2O2. The summed E-state index contributed by atoms with van der Waals surface area (Å²) in [7, 11) is 0. The van der Waals surface area contributed by atoms with Crippen LogP contribution in [0, 0.1) is 0 Å². The van der Waals surface area contributed by atoms with Crippen LogP contribution in [0.1, 0.15) is 17.3 Å². The maximum atomic E-state index is 12.4. The number of hydrogen-bond acceptors (Lipinski definition) is 3. The van der Waals surface area contributed by atoms with Crippen molar-refractivity contribution in [2.45, 2.75) is 6.92 Å². The summed E-state index contributed by atoms with van der Waals surface area (Å²) in [5.74, 6) is -0.122. The van der Waals surface area contributed by atoms with Crippen molar-refractivity contribution in [1.82, 2.24) is 0 Å². The summed E-state index contributed by atoms with van der Waals surface area (Å²) in [6, 6.07) is 8.88. The van der Waals surface area contributed by atoms with Crippen LogP contribution in [-0.2, 0) is 0 Å². The van der Waals surface area contributed by atoms with Crippen LogP contribution in [0.4, 0.5) is 11.4 Å². The number of furan rings is 1. The van der Waals surface area contributed by atoms with Crippen LogP contribution in [0.25, 0.3) is 0 Å². The van der Waals surface area contributed by atoms with E-state index in [4.69, 9.17) is 10.2 Å². The molecule has 1 aromatic carbocycles. The van der Waals surface area contributed by atoms with Crippen LogP contribution in [0.3, 0.4) is 0 Å². The van der Waals surface area contributed by atoms with Gasteiger partial charge in [0.2, 0.25) is 0 Å². The fourth-order valence-corrected chi connectivity index (χ4v) is 2.14. The van der Waals surface area contributed by atoms with Crippen LogP contribution >= 0.6 is 15.9 Å². The summed E-state index contributed by atoms with van der Waals surface area (Å²) in [6.07, 6.45) is 1.48. The number of carbonyl (C=O) groups excluding carboxylic acids is 1. The molecule has 0 unspecified atom stereocenters. The number of nitrogens with two attached hydrogens (primary N) is 1. The van der Waals surface area contributed by atoms with Gasteiger partial charge in [-0.2, -0.15) is 0 Å². The number of amides is 1. The first-order valence-corrected chi connectivity index (χ1v) is 6.33. The van der Waals surface area contributed by atoms with Crippen molar-refractivity contribution in [1.29, 1.82) is 0 Å². The maximum absolute atomic E-state index is 12.4. The molecule has 1 aromatic heterocycles. The zero-order chi connectivity index (χ0) is 13.1. The maximum Gasteiger partial charge on any atom is 0.262 e. The van der Waals surface area contributed by atoms with E-state index in [-0.39, 0.29) is 5.91 Å². The number of nitrogen functional groups attached to an aromatic ring is 1. The molecule has 0 saturated heterocycles. The Morgan fingerprint density at radius 3 is 2.78 bits per heavy atom. The average molecular weight is 309 g/mol. The van der Waals surface area contributed by atoms with E-state index >= 15 is 0 Å². The third kappa shape index (κ3) is 2.41. The molecule has 0 radical (unpaired) electrons. The minimum Gasteiger partial charge on any atom is -0.457 e. The van der Waals surface area contributed by atoms with Crippen LogP contribution in [-0.4, -0.2) is 12.5 Å². The van der Waals surface area contributed by atoms with Gasteiger partial charge in [0, 0.05) is 17.9 Å². The summed E-state index contributed by atoms with van der Waals surface area (Å²) in [4.78, 5) is 14.0. The van der Waals surface area contributed by atoms with E-state index in [2.05, 4.69) is 15.9 Å². The molecule has 2 aromatic rings. The van der Waals surface area contributed by atoms with Crippen molar-refractivity contribution in [3.05, 3.63) is 46.8 Å². The molecule has 5 heteroatoms. The number of anilines is 2. The Bertz CT molecular complexity index is 566. The van der Waals surface area contributed by atoms with Crippen molar-refractivity contribution in [3.63, 3.8) is 0 Å². The lowest BCUT2D eigenvalue weighted by Crippen LogP contribution is -2.30. The zero-order valence-electron chi connectivity index (χ0n) is 9.89. The van der Waals surface area contributed by atoms with Gasteiger partial charge in [0.05, 0.1) is 11.8 Å². The smallest absolute Gasteiger partial charge is 0.262 e. The van der Waals surface area contributed by atoms with E-state index in [0.717, 1.165) is 5.69 Å². The van der Waals surface area contributed by atoms with Crippen LogP contribution in [0.2, 0.25) is 0 Å². The van der Waals surface area contributed by atoms with E-state index in [1.807, 2.05) is 19.1 Å². The highest BCUT2D eigenvalue weighted by atomic mass is 79.9. The molecule has 2 N–H and O–H groups in total. The van der Waals surface area contributed by atoms with Gasteiger partial charge in [0.1, 0.15) is 0 Å². The summed E-state index contributed by atoms with van der Waals surface area (Å²) in [5.41, 5.74) is 7.64. The van der Waals surface area contributed by atoms with Gasteiger partial charge in [0.15, 0.2) is 4.67 Å². The summed E-state index contributed by atoms with van der Waals surface area (Å²) in [6.45, 7) is 2.47. The monoisotopic (exact) mass is 308 g/mol. The summed E-state index contributed by atoms with van der Waals surface area (Å²) >= 11 is 3.21. The zero-order valence-corrected chi connectivity index (χ0v) is 11.5. The highest BCUT2D eigenvalue weighted by Gasteiger charge is 2.20. The lowest BCUT2D eigenvalue weighted by Gasteiger charge is -2.20. The number of halogens is 1. The Morgan fingerprint density at radius 2 is 2.22 bits per heavy atom. The SMILES string of the molecule is CCN(C(=O)c1ccoc1Br)c1cccc(N)c1. The Kier molecular flexibility index (Phi) is 3.72. The van der Waals surface area contributed by atoms with Crippen molar-refractivity contribution in [3.8, 4) is 0 Å². The van der Waals surface area contributed by atoms with Gasteiger partial charge < -0.3 is 15.1 Å². The molecule has 18 heavy (non-hydrogen) atoms. The molecule has 0 fully saturated rings. The normalized spacial score (nSPS) is 10.3. The number of hydrogen-bond donors (Lipinski definition) is 1. The second-order valence-electron chi connectivity index (χ2n) is 3.75. The molecule has 1 amide bonds. The predicted octanol–water partition coefficient (Wildman–Crippen LogP) is 3.29. The third-order valence-electron chi connectivity index (χ3n) is 2.59. The second-order valence-corrected chi connectivity index (χ2v) is 4.47. The third-order valence-corrected chi connectivity index (χ3v) is 3.21. The molecule has 0 aliphatic rings. The molecule has 0 spiro atoms. The van der Waals surface area contributed by atoms with Crippen LogP contribution in [0.15, 0.2) is 45.7 Å². The van der Waals surface area contributed by atoms with Gasteiger partial charge >= 0.3 is 0 Å². The lowest BCUT2D eigenvalue weighted by atomic mass is 10.2. The summed E-state index contributed by atoms with van der Waals surface area (Å²) in [5, 5.41) is 0. The van der Waals surface area contributed by atoms with Gasteiger partial charge in [-0.05, 0) is 47.1 Å². The van der Waals surface area contributed by atoms with Gasteiger partial charge in [-0.1, -0.05) is 6.07 Å². The molecule has 94 valence electrons. The first kappa shape index (κ1) is 12.7. The number of benzene rings is 1. The molecule has 1 heterocycles. The number of rotatable bonds is 3. The first-order valence-electron chi connectivity index (χ1n) is 5.54. The number of carbonyl (C=O) groups is 1. The van der Waals surface area contributed by atoms with Gasteiger partial charge in [-0.25, -0.2) is 0 Å². The van der Waals surface area contributed by atoms with E-state index < -0.39 is 0 Å². The largest absolute Gasteiger partial charge is 0.457 e. The quantitative estimate of drug-likeness (QED) is 0.885. The average Bonchev–Trinajstić information content (AvgIpc) is 2.76. The fourth-order valence-electron chi connectivity index (χ4n) is 1.73. The molecule has 0 saturated carbocycles. The van der Waals surface area contributed by atoms with Crippen molar-refractivity contribution >= 4 is 33.2 Å². The van der Waals surface area contributed by atoms with Crippen molar-refractivity contribution < 1.29 is 9.21 Å². The van der Waals surface area contributed by atoms with Gasteiger partial charge in [-0.15, -0.1) is 0 Å². The van der Waals surface area contributed by atoms with E-state index in [9.17, 15) is 4.79 Å². The van der Waals surface area contributed by atoms with Gasteiger partial charge in [-0.3, -0.25) is 4.79 Å². The minimum absolute atomic E-state index is 0.122. The molecule has 0 aliphatic heterocycles. The Hall–Kier alpha value is -1.75. The second kappa shape index (κ2) is 5.27. The molecule has 0 atom stereocenters. The predicted molar refractivity (Wildman–Crippen MR) is 74.6 cm³/mol. The van der Waals surface area contributed by atoms with Crippen LogP contribution in [0.5, 0.6) is 0 Å². The van der Waals surface area contributed by atoms with Crippen molar-refractivity contribution in [2.75, 3.05) is 17.2 Å². The first-order chi connectivity index (χ1) is 8.63. The van der Waals surface area contributed by atoms with E-state index in [1.54, 1.807) is 23.1 Å². The Labute approximate surface area is 114 Å². The molecular weight excluding hydrogens is 296 g/mol. The molecule has 2 rings (SSSR count). The highest BCUT2D eigenvalue weighted by molar-refractivity contribution is 9.10. The standard InChI is InChI=1S/C13H13BrN2O2/c1-2-16(10-5-3-4-9(15)8-10)13(17)11-6-7-18-12(11)14/h3-8H,2,15H2,1H3. The fraction of sp³-hybridized carbons (Fsp3) is 0.154. The van der Waals surface area contributed by atoms with Gasteiger partial charge in [0.25, 0.3) is 5.91 Å². The topological polar surface area (TPSA) is 59.5 Å². The highest BCUT2D eigenvalue weighted by Crippen LogP contribution is 2.24. The van der Waals surface area contributed by atoms with Crippen molar-refractivity contribution in [2.24, 2.45) is 0 Å². The molecule has 0 bridgehead atoms. The number of nitrogens with zero attached hydrogens (tertiary/aromatic N) is 1. The molecule has 4 nitrogen and oxygen atoms in total. The minimum atomic E-state index is -0.122. The van der Waals surface area contributed by atoms with E-state index in [1.165, 1.54) is 6.26 Å². The van der Waals surface area contributed by atoms with Crippen LogP contribution < -0.4 is 10.6 Å². The Balaban J connectivity index is 2.35. The Morgan fingerprint density at radius 1 is 1.44 bits per heavy atom. The van der Waals surface area contributed by atoms with E-state index in [0.29, 0.717) is 22.5 Å². The summed E-state index contributed by atoms with van der Waals surface area (Å²) < 4.78 is 5.52. The lowest BCUT2D eigenvalue weighted by molar-refractivity contribution is 0.0986. The molecule has 0 aliphatic carbocycles.